The van der Waals surface area contributed by atoms with Gasteiger partial charge in [0.25, 0.3) is 0 Å². The molecule has 86 valence electrons. The maximum Gasteiger partial charge on any atom is 0.206 e. The zero-order chi connectivity index (χ0) is 9.64. The predicted molar refractivity (Wildman–Crippen MR) is 53.3 cm³/mol. The average molecular weight is 346 g/mol. The van der Waals surface area contributed by atoms with Crippen molar-refractivity contribution in [2.75, 3.05) is 0 Å². The Balaban J connectivity index is 0.00000112. The highest BCUT2D eigenvalue weighted by atomic mass is 79.9. The summed E-state index contributed by atoms with van der Waals surface area (Å²) in [6, 6.07) is 12.3. The summed E-state index contributed by atoms with van der Waals surface area (Å²) >= 11 is 0. The van der Waals surface area contributed by atoms with E-state index in [2.05, 4.69) is 58.2 Å². The van der Waals surface area contributed by atoms with E-state index in [9.17, 15) is 0 Å². The van der Waals surface area contributed by atoms with E-state index < -0.39 is 0 Å². The molecule has 2 aromatic rings. The summed E-state index contributed by atoms with van der Waals surface area (Å²) in [7, 11) is 0. The summed E-state index contributed by atoms with van der Waals surface area (Å²) in [5.74, 6) is 0. The van der Waals surface area contributed by atoms with Crippen molar-refractivity contribution in [1.82, 2.24) is 0 Å². The van der Waals surface area contributed by atoms with E-state index in [0.29, 0.717) is 0 Å². The Labute approximate surface area is 117 Å². The van der Waals surface area contributed by atoms with Gasteiger partial charge in [-0.3, -0.25) is 0 Å². The largest absolute Gasteiger partial charge is 1.00 e. The molecule has 0 saturated carbocycles. The Morgan fingerprint density at radius 1 is 0.500 bits per heavy atom. The number of halogens is 2. The number of hydrogen-bond donors (Lipinski definition) is 0. The van der Waals surface area contributed by atoms with E-state index >= 15 is 0 Å². The molecule has 2 aromatic heterocycles. The van der Waals surface area contributed by atoms with Crippen molar-refractivity contribution < 1.29 is 43.1 Å². The quantitative estimate of drug-likeness (QED) is 0.492. The standard InChI is InChI=1S/C12H14N2.2BrH/c1-3-7-13(8-4-1)11-12-14-9-5-2-6-10-14;;/h1-10H,11-12H2;2*1H/q+2;;/p-2. The van der Waals surface area contributed by atoms with Gasteiger partial charge in [-0.05, 0) is 0 Å². The fourth-order valence-corrected chi connectivity index (χ4v) is 1.40. The molecular weight excluding hydrogens is 332 g/mol. The third kappa shape index (κ3) is 4.86. The molecule has 2 heterocycles. The topological polar surface area (TPSA) is 7.76 Å². The van der Waals surface area contributed by atoms with E-state index in [0.717, 1.165) is 13.1 Å². The van der Waals surface area contributed by atoms with Crippen molar-refractivity contribution in [2.24, 2.45) is 0 Å². The second-order valence-electron chi connectivity index (χ2n) is 3.23. The van der Waals surface area contributed by atoms with Crippen LogP contribution in [0.1, 0.15) is 0 Å². The molecule has 0 bridgehead atoms. The summed E-state index contributed by atoms with van der Waals surface area (Å²) in [5, 5.41) is 0. The molecule has 2 nitrogen and oxygen atoms in total. The minimum absolute atomic E-state index is 0. The fourth-order valence-electron chi connectivity index (χ4n) is 1.40. The zero-order valence-corrected chi connectivity index (χ0v) is 12.0. The van der Waals surface area contributed by atoms with Crippen LogP contribution in [0, 0.1) is 0 Å². The van der Waals surface area contributed by atoms with Gasteiger partial charge < -0.3 is 34.0 Å². The molecule has 0 amide bonds. The van der Waals surface area contributed by atoms with Crippen molar-refractivity contribution in [1.29, 1.82) is 0 Å². The van der Waals surface area contributed by atoms with Gasteiger partial charge in [0.1, 0.15) is 0 Å². The van der Waals surface area contributed by atoms with E-state index in [4.69, 9.17) is 0 Å². The van der Waals surface area contributed by atoms with Crippen LogP contribution in [0.5, 0.6) is 0 Å². The highest BCUT2D eigenvalue weighted by Crippen LogP contribution is 1.79. The van der Waals surface area contributed by atoms with Gasteiger partial charge in [0.2, 0.25) is 13.1 Å². The molecule has 0 aromatic carbocycles. The lowest BCUT2D eigenvalue weighted by molar-refractivity contribution is -0.778. The smallest absolute Gasteiger partial charge is 0.206 e. The summed E-state index contributed by atoms with van der Waals surface area (Å²) in [5.41, 5.74) is 0. The summed E-state index contributed by atoms with van der Waals surface area (Å²) in [6.07, 6.45) is 8.35. The SMILES string of the molecule is [Br-].[Br-].c1cc[n+](CC[n+]2ccccc2)cc1. The molecule has 0 fully saturated rings. The van der Waals surface area contributed by atoms with Gasteiger partial charge in [0.05, 0.1) is 0 Å². The zero-order valence-electron chi connectivity index (χ0n) is 8.84. The lowest BCUT2D eigenvalue weighted by Gasteiger charge is -1.93. The van der Waals surface area contributed by atoms with E-state index in [-0.39, 0.29) is 34.0 Å². The molecule has 4 heteroatoms. The highest BCUT2D eigenvalue weighted by molar-refractivity contribution is 4.84. The molecule has 0 aliphatic heterocycles. The lowest BCUT2D eigenvalue weighted by atomic mass is 10.4. The number of pyridine rings is 2. The third-order valence-corrected chi connectivity index (χ3v) is 2.17. The molecule has 0 saturated heterocycles. The van der Waals surface area contributed by atoms with E-state index in [1.165, 1.54) is 0 Å². The molecule has 0 aliphatic rings. The second-order valence-corrected chi connectivity index (χ2v) is 3.23. The van der Waals surface area contributed by atoms with Gasteiger partial charge in [-0.25, -0.2) is 0 Å². The molecule has 0 spiro atoms. The second kappa shape index (κ2) is 8.42. The maximum atomic E-state index is 2.18. The van der Waals surface area contributed by atoms with Gasteiger partial charge in [-0.15, -0.1) is 0 Å². The minimum Gasteiger partial charge on any atom is -1.00 e. The first kappa shape index (κ1) is 15.3. The first-order chi connectivity index (χ1) is 6.95. The van der Waals surface area contributed by atoms with Crippen molar-refractivity contribution in [3.8, 4) is 0 Å². The Bertz CT molecular complexity index is 339. The minimum atomic E-state index is 0. The Hall–Kier alpha value is -0.740. The van der Waals surface area contributed by atoms with Crippen LogP contribution < -0.4 is 43.1 Å². The van der Waals surface area contributed by atoms with Crippen molar-refractivity contribution in [3.05, 3.63) is 61.2 Å². The van der Waals surface area contributed by atoms with Crippen molar-refractivity contribution in [3.63, 3.8) is 0 Å². The molecule has 2 rings (SSSR count). The van der Waals surface area contributed by atoms with Crippen LogP contribution in [0.2, 0.25) is 0 Å². The maximum absolute atomic E-state index is 2.18. The van der Waals surface area contributed by atoms with Gasteiger partial charge in [-0.1, -0.05) is 12.1 Å². The van der Waals surface area contributed by atoms with Crippen LogP contribution in [-0.4, -0.2) is 0 Å². The first-order valence-electron chi connectivity index (χ1n) is 4.83. The van der Waals surface area contributed by atoms with Crippen LogP contribution >= 0.6 is 0 Å². The summed E-state index contributed by atoms with van der Waals surface area (Å²) in [6.45, 7) is 2.02. The monoisotopic (exact) mass is 344 g/mol. The van der Waals surface area contributed by atoms with Crippen LogP contribution in [0.25, 0.3) is 0 Å². The average Bonchev–Trinajstić information content (AvgIpc) is 2.29. The molecule has 0 aliphatic carbocycles. The summed E-state index contributed by atoms with van der Waals surface area (Å²) < 4.78 is 4.36. The normalized spacial score (nSPS) is 8.75. The number of aromatic nitrogens is 2. The molecule has 16 heavy (non-hydrogen) atoms. The van der Waals surface area contributed by atoms with E-state index in [1.54, 1.807) is 0 Å². The molecular formula is C12H14Br2N2. The molecule has 0 unspecified atom stereocenters. The van der Waals surface area contributed by atoms with Crippen LogP contribution in [0.4, 0.5) is 0 Å². The van der Waals surface area contributed by atoms with Crippen LogP contribution in [0.15, 0.2) is 61.2 Å². The predicted octanol–water partition coefficient (Wildman–Crippen LogP) is -5.03. The lowest BCUT2D eigenvalue weighted by Crippen LogP contribution is -3.00. The molecule has 0 N–H and O–H groups in total. The number of rotatable bonds is 3. The van der Waals surface area contributed by atoms with Gasteiger partial charge in [0.15, 0.2) is 24.8 Å². The number of aryl methyl sites for hydroxylation is 2. The molecule has 0 atom stereocenters. The van der Waals surface area contributed by atoms with Gasteiger partial charge in [-0.2, -0.15) is 9.13 Å². The molecule has 0 radical (unpaired) electrons. The Morgan fingerprint density at radius 2 is 0.812 bits per heavy atom. The van der Waals surface area contributed by atoms with Crippen LogP contribution in [-0.2, 0) is 13.1 Å². The van der Waals surface area contributed by atoms with Crippen molar-refractivity contribution in [2.45, 2.75) is 13.1 Å². The first-order valence-corrected chi connectivity index (χ1v) is 4.83. The van der Waals surface area contributed by atoms with Gasteiger partial charge in [0, 0.05) is 24.3 Å². The van der Waals surface area contributed by atoms with Crippen LogP contribution in [0.3, 0.4) is 0 Å². The Morgan fingerprint density at radius 3 is 1.12 bits per heavy atom. The van der Waals surface area contributed by atoms with Crippen molar-refractivity contribution >= 4 is 0 Å². The number of nitrogens with zero attached hydrogens (tertiary/aromatic N) is 2. The number of hydrogen-bond acceptors (Lipinski definition) is 0. The highest BCUT2D eigenvalue weighted by Gasteiger charge is 2.02. The third-order valence-electron chi connectivity index (χ3n) is 2.17. The fraction of sp³-hybridized carbons (Fsp3) is 0.167. The van der Waals surface area contributed by atoms with Gasteiger partial charge >= 0.3 is 0 Å². The van der Waals surface area contributed by atoms with E-state index in [1.807, 2.05) is 12.1 Å². The Kier molecular flexibility index (Phi) is 8.03. The summed E-state index contributed by atoms with van der Waals surface area (Å²) in [4.78, 5) is 0.